The minimum absolute atomic E-state index is 0.660. The van der Waals surface area contributed by atoms with E-state index in [4.69, 9.17) is 5.90 Å². The molecule has 0 radical (unpaired) electrons. The molecule has 1 rings (SSSR count). The number of rotatable bonds is 5. The van der Waals surface area contributed by atoms with Gasteiger partial charge in [0.05, 0.1) is 6.61 Å². The van der Waals surface area contributed by atoms with Gasteiger partial charge in [-0.1, -0.05) is 30.3 Å². The SMILES string of the molecule is NOCCCCc1ccccc1. The van der Waals surface area contributed by atoms with Crippen molar-refractivity contribution in [3.05, 3.63) is 35.9 Å². The lowest BCUT2D eigenvalue weighted by Crippen LogP contribution is -2.00. The van der Waals surface area contributed by atoms with Gasteiger partial charge >= 0.3 is 0 Å². The molecule has 0 amide bonds. The lowest BCUT2D eigenvalue weighted by molar-refractivity contribution is 0.134. The summed E-state index contributed by atoms with van der Waals surface area (Å²) in [4.78, 5) is 4.48. The molecule has 0 atom stereocenters. The summed E-state index contributed by atoms with van der Waals surface area (Å²) in [6.07, 6.45) is 3.29. The van der Waals surface area contributed by atoms with Crippen molar-refractivity contribution in [2.75, 3.05) is 6.61 Å². The molecule has 66 valence electrons. The molecular weight excluding hydrogens is 150 g/mol. The minimum atomic E-state index is 0.660. The molecule has 0 spiro atoms. The van der Waals surface area contributed by atoms with E-state index in [1.165, 1.54) is 5.56 Å². The van der Waals surface area contributed by atoms with Crippen LogP contribution in [0, 0.1) is 0 Å². The average molecular weight is 165 g/mol. The number of aryl methyl sites for hydroxylation is 1. The van der Waals surface area contributed by atoms with Gasteiger partial charge in [-0.15, -0.1) is 0 Å². The monoisotopic (exact) mass is 165 g/mol. The Morgan fingerprint density at radius 2 is 1.83 bits per heavy atom. The summed E-state index contributed by atoms with van der Waals surface area (Å²) >= 11 is 0. The summed E-state index contributed by atoms with van der Waals surface area (Å²) in [5.41, 5.74) is 1.38. The molecular formula is C10H15NO. The molecule has 0 saturated carbocycles. The number of hydrogen-bond acceptors (Lipinski definition) is 2. The van der Waals surface area contributed by atoms with Gasteiger partial charge < -0.3 is 4.84 Å². The first-order chi connectivity index (χ1) is 5.93. The fourth-order valence-corrected chi connectivity index (χ4v) is 1.16. The molecule has 0 bridgehead atoms. The molecule has 0 fully saturated rings. The van der Waals surface area contributed by atoms with E-state index in [1.807, 2.05) is 6.07 Å². The Labute approximate surface area is 73.3 Å². The Bertz CT molecular complexity index is 198. The first kappa shape index (κ1) is 9.23. The summed E-state index contributed by atoms with van der Waals surface area (Å²) in [6.45, 7) is 0.660. The van der Waals surface area contributed by atoms with Gasteiger partial charge in [0, 0.05) is 0 Å². The molecule has 1 aromatic carbocycles. The molecule has 0 aliphatic carbocycles. The molecule has 0 aliphatic heterocycles. The van der Waals surface area contributed by atoms with Gasteiger partial charge in [0.2, 0.25) is 0 Å². The van der Waals surface area contributed by atoms with Gasteiger partial charge in [-0.05, 0) is 24.8 Å². The molecule has 2 heteroatoms. The quantitative estimate of drug-likeness (QED) is 0.534. The fourth-order valence-electron chi connectivity index (χ4n) is 1.16. The Morgan fingerprint density at radius 1 is 1.08 bits per heavy atom. The Hall–Kier alpha value is -0.860. The predicted octanol–water partition coefficient (Wildman–Crippen LogP) is 1.90. The fraction of sp³-hybridized carbons (Fsp3) is 0.400. The van der Waals surface area contributed by atoms with Gasteiger partial charge in [-0.2, -0.15) is 0 Å². The van der Waals surface area contributed by atoms with Crippen LogP contribution in [0.25, 0.3) is 0 Å². The van der Waals surface area contributed by atoms with Crippen LogP contribution in [0.15, 0.2) is 30.3 Å². The lowest BCUT2D eigenvalue weighted by Gasteiger charge is -1.99. The topological polar surface area (TPSA) is 35.2 Å². The molecule has 1 aromatic rings. The molecule has 2 N–H and O–H groups in total. The van der Waals surface area contributed by atoms with E-state index in [0.717, 1.165) is 19.3 Å². The molecule has 2 nitrogen and oxygen atoms in total. The van der Waals surface area contributed by atoms with Crippen molar-refractivity contribution in [3.8, 4) is 0 Å². The number of unbranched alkanes of at least 4 members (excludes halogenated alkanes) is 1. The van der Waals surface area contributed by atoms with Crippen LogP contribution < -0.4 is 5.90 Å². The minimum Gasteiger partial charge on any atom is -0.305 e. The molecule has 0 heterocycles. The van der Waals surface area contributed by atoms with E-state index in [-0.39, 0.29) is 0 Å². The number of nitrogens with two attached hydrogens (primary N) is 1. The maximum atomic E-state index is 4.91. The van der Waals surface area contributed by atoms with Crippen LogP contribution in [-0.2, 0) is 11.3 Å². The van der Waals surface area contributed by atoms with Crippen LogP contribution in [-0.4, -0.2) is 6.61 Å². The highest BCUT2D eigenvalue weighted by Gasteiger charge is 1.91. The van der Waals surface area contributed by atoms with E-state index < -0.39 is 0 Å². The Balaban J connectivity index is 2.16. The standard InChI is InChI=1S/C10H15NO/c11-12-9-5-4-8-10-6-2-1-3-7-10/h1-3,6-7H,4-5,8-9,11H2. The second-order valence-corrected chi connectivity index (χ2v) is 2.81. The van der Waals surface area contributed by atoms with Gasteiger partial charge in [-0.3, -0.25) is 0 Å². The zero-order chi connectivity index (χ0) is 8.65. The average Bonchev–Trinajstić information content (AvgIpc) is 2.14. The maximum absolute atomic E-state index is 4.91. The largest absolute Gasteiger partial charge is 0.305 e. The third-order valence-electron chi connectivity index (χ3n) is 1.82. The van der Waals surface area contributed by atoms with E-state index >= 15 is 0 Å². The van der Waals surface area contributed by atoms with E-state index in [2.05, 4.69) is 29.1 Å². The van der Waals surface area contributed by atoms with Crippen molar-refractivity contribution >= 4 is 0 Å². The zero-order valence-corrected chi connectivity index (χ0v) is 7.20. The third kappa shape index (κ3) is 3.51. The van der Waals surface area contributed by atoms with E-state index in [9.17, 15) is 0 Å². The second-order valence-electron chi connectivity index (χ2n) is 2.81. The van der Waals surface area contributed by atoms with Crippen LogP contribution in [0.3, 0.4) is 0 Å². The zero-order valence-electron chi connectivity index (χ0n) is 7.20. The van der Waals surface area contributed by atoms with Crippen LogP contribution in [0.4, 0.5) is 0 Å². The smallest absolute Gasteiger partial charge is 0.0679 e. The number of hydrogen-bond donors (Lipinski definition) is 1. The first-order valence-electron chi connectivity index (χ1n) is 4.29. The van der Waals surface area contributed by atoms with Crippen molar-refractivity contribution in [2.45, 2.75) is 19.3 Å². The van der Waals surface area contributed by atoms with Crippen molar-refractivity contribution in [1.82, 2.24) is 0 Å². The second kappa shape index (κ2) is 5.75. The molecule has 0 saturated heterocycles. The van der Waals surface area contributed by atoms with Crippen molar-refractivity contribution < 1.29 is 4.84 Å². The maximum Gasteiger partial charge on any atom is 0.0679 e. The van der Waals surface area contributed by atoms with Crippen molar-refractivity contribution in [1.29, 1.82) is 0 Å². The summed E-state index contributed by atoms with van der Waals surface area (Å²) in [5.74, 6) is 4.91. The molecule has 0 aromatic heterocycles. The number of benzene rings is 1. The van der Waals surface area contributed by atoms with Crippen LogP contribution >= 0.6 is 0 Å². The lowest BCUT2D eigenvalue weighted by atomic mass is 10.1. The van der Waals surface area contributed by atoms with E-state index in [1.54, 1.807) is 0 Å². The van der Waals surface area contributed by atoms with Gasteiger partial charge in [-0.25, -0.2) is 5.90 Å². The molecule has 0 aliphatic rings. The van der Waals surface area contributed by atoms with Crippen LogP contribution in [0.1, 0.15) is 18.4 Å². The summed E-state index contributed by atoms with van der Waals surface area (Å²) in [5, 5.41) is 0. The van der Waals surface area contributed by atoms with Gasteiger partial charge in [0.1, 0.15) is 0 Å². The van der Waals surface area contributed by atoms with Crippen molar-refractivity contribution in [2.24, 2.45) is 5.90 Å². The highest BCUT2D eigenvalue weighted by molar-refractivity contribution is 5.14. The van der Waals surface area contributed by atoms with Gasteiger partial charge in [0.15, 0.2) is 0 Å². The van der Waals surface area contributed by atoms with Crippen LogP contribution in [0.5, 0.6) is 0 Å². The highest BCUT2D eigenvalue weighted by atomic mass is 16.6. The Morgan fingerprint density at radius 3 is 2.50 bits per heavy atom. The molecule has 0 unspecified atom stereocenters. The highest BCUT2D eigenvalue weighted by Crippen LogP contribution is 2.03. The van der Waals surface area contributed by atoms with E-state index in [0.29, 0.717) is 6.61 Å². The summed E-state index contributed by atoms with van der Waals surface area (Å²) < 4.78 is 0. The van der Waals surface area contributed by atoms with Crippen molar-refractivity contribution in [3.63, 3.8) is 0 Å². The van der Waals surface area contributed by atoms with Crippen LogP contribution in [0.2, 0.25) is 0 Å². The van der Waals surface area contributed by atoms with Gasteiger partial charge in [0.25, 0.3) is 0 Å². The predicted molar refractivity (Wildman–Crippen MR) is 49.5 cm³/mol. The first-order valence-corrected chi connectivity index (χ1v) is 4.29. The molecule has 12 heavy (non-hydrogen) atoms. The summed E-state index contributed by atoms with van der Waals surface area (Å²) in [7, 11) is 0. The Kier molecular flexibility index (Phi) is 4.42. The third-order valence-corrected chi connectivity index (χ3v) is 1.82. The summed E-state index contributed by atoms with van der Waals surface area (Å²) in [6, 6.07) is 10.4. The normalized spacial score (nSPS) is 10.1.